The van der Waals surface area contributed by atoms with Gasteiger partial charge in [0.1, 0.15) is 11.9 Å². The normalized spacial score (nSPS) is 21.2. The molecule has 20 heavy (non-hydrogen) atoms. The Kier molecular flexibility index (Phi) is 3.63. The van der Waals surface area contributed by atoms with E-state index in [-0.39, 0.29) is 12.1 Å². The lowest BCUT2D eigenvalue weighted by atomic mass is 9.93. The first-order chi connectivity index (χ1) is 9.54. The van der Waals surface area contributed by atoms with E-state index in [0.717, 1.165) is 23.3 Å². The van der Waals surface area contributed by atoms with Gasteiger partial charge in [0.25, 0.3) is 0 Å². The van der Waals surface area contributed by atoms with Gasteiger partial charge < -0.3 is 10.5 Å². The Morgan fingerprint density at radius 2 is 1.90 bits per heavy atom. The molecule has 4 heteroatoms. The fourth-order valence-electron chi connectivity index (χ4n) is 2.54. The highest BCUT2D eigenvalue weighted by atomic mass is 35.5. The van der Waals surface area contributed by atoms with Crippen LogP contribution in [-0.4, -0.2) is 0 Å². The SMILES string of the molecule is Cc1ccc2c(c1)[C@H](N)CC(c1ccc(Cl)c(Cl)c1)O2. The van der Waals surface area contributed by atoms with Gasteiger partial charge in [-0.25, -0.2) is 0 Å². The van der Waals surface area contributed by atoms with Gasteiger partial charge >= 0.3 is 0 Å². The summed E-state index contributed by atoms with van der Waals surface area (Å²) in [5, 5.41) is 1.09. The van der Waals surface area contributed by atoms with Gasteiger partial charge in [-0.15, -0.1) is 0 Å². The van der Waals surface area contributed by atoms with Gasteiger partial charge in [-0.3, -0.25) is 0 Å². The van der Waals surface area contributed by atoms with Crippen LogP contribution in [0.1, 0.15) is 35.3 Å². The van der Waals surface area contributed by atoms with Gasteiger partial charge in [0, 0.05) is 18.0 Å². The molecule has 1 aliphatic heterocycles. The zero-order valence-electron chi connectivity index (χ0n) is 11.1. The van der Waals surface area contributed by atoms with Gasteiger partial charge in [-0.1, -0.05) is 47.0 Å². The van der Waals surface area contributed by atoms with E-state index in [0.29, 0.717) is 10.0 Å². The van der Waals surface area contributed by atoms with E-state index in [2.05, 4.69) is 13.0 Å². The first-order valence-corrected chi connectivity index (χ1v) is 7.28. The second kappa shape index (κ2) is 5.28. The average Bonchev–Trinajstić information content (AvgIpc) is 2.42. The third kappa shape index (κ3) is 2.51. The van der Waals surface area contributed by atoms with Crippen LogP contribution in [0.4, 0.5) is 0 Å². The molecule has 0 radical (unpaired) electrons. The van der Waals surface area contributed by atoms with Crippen LogP contribution in [0.15, 0.2) is 36.4 Å². The molecule has 0 bridgehead atoms. The van der Waals surface area contributed by atoms with Crippen molar-refractivity contribution in [2.75, 3.05) is 0 Å². The molecular weight excluding hydrogens is 293 g/mol. The van der Waals surface area contributed by atoms with Crippen molar-refractivity contribution in [3.8, 4) is 5.75 Å². The molecule has 1 aliphatic rings. The van der Waals surface area contributed by atoms with Crippen LogP contribution in [0, 0.1) is 6.92 Å². The van der Waals surface area contributed by atoms with Crippen LogP contribution >= 0.6 is 23.2 Å². The summed E-state index contributed by atoms with van der Waals surface area (Å²) in [5.74, 6) is 0.852. The summed E-state index contributed by atoms with van der Waals surface area (Å²) in [7, 11) is 0. The third-order valence-corrected chi connectivity index (χ3v) is 4.36. The molecule has 0 aliphatic carbocycles. The number of aryl methyl sites for hydroxylation is 1. The van der Waals surface area contributed by atoms with Crippen molar-refractivity contribution in [3.05, 3.63) is 63.1 Å². The summed E-state index contributed by atoms with van der Waals surface area (Å²) >= 11 is 12.0. The van der Waals surface area contributed by atoms with E-state index in [1.807, 2.05) is 24.3 Å². The number of hydrogen-bond acceptors (Lipinski definition) is 2. The largest absolute Gasteiger partial charge is 0.485 e. The Morgan fingerprint density at radius 1 is 1.10 bits per heavy atom. The lowest BCUT2D eigenvalue weighted by Crippen LogP contribution is -2.24. The Labute approximate surface area is 128 Å². The van der Waals surface area contributed by atoms with Crippen LogP contribution in [0.25, 0.3) is 0 Å². The maximum Gasteiger partial charge on any atom is 0.126 e. The Bertz CT molecular complexity index is 657. The maximum atomic E-state index is 6.27. The second-order valence-corrected chi connectivity index (χ2v) is 5.98. The number of halogens is 2. The van der Waals surface area contributed by atoms with Crippen molar-refractivity contribution in [2.24, 2.45) is 5.73 Å². The van der Waals surface area contributed by atoms with Crippen LogP contribution in [0.5, 0.6) is 5.75 Å². The second-order valence-electron chi connectivity index (χ2n) is 5.16. The first kappa shape index (κ1) is 13.7. The Hall–Kier alpha value is -1.22. The van der Waals surface area contributed by atoms with E-state index in [1.165, 1.54) is 5.56 Å². The Morgan fingerprint density at radius 3 is 2.65 bits per heavy atom. The van der Waals surface area contributed by atoms with Crippen molar-refractivity contribution in [1.29, 1.82) is 0 Å². The molecule has 2 N–H and O–H groups in total. The van der Waals surface area contributed by atoms with Crippen molar-refractivity contribution >= 4 is 23.2 Å². The van der Waals surface area contributed by atoms with Gasteiger partial charge in [-0.2, -0.15) is 0 Å². The van der Waals surface area contributed by atoms with Crippen LogP contribution in [0.3, 0.4) is 0 Å². The highest BCUT2D eigenvalue weighted by Gasteiger charge is 2.27. The lowest BCUT2D eigenvalue weighted by molar-refractivity contribution is 0.161. The van der Waals surface area contributed by atoms with E-state index < -0.39 is 0 Å². The topological polar surface area (TPSA) is 35.2 Å². The number of ether oxygens (including phenoxy) is 1. The molecule has 2 atom stereocenters. The number of fused-ring (bicyclic) bond motifs is 1. The molecule has 2 aromatic rings. The summed E-state index contributed by atoms with van der Waals surface area (Å²) < 4.78 is 6.06. The quantitative estimate of drug-likeness (QED) is 0.819. The highest BCUT2D eigenvalue weighted by molar-refractivity contribution is 6.42. The van der Waals surface area contributed by atoms with Crippen molar-refractivity contribution in [2.45, 2.75) is 25.5 Å². The van der Waals surface area contributed by atoms with E-state index in [1.54, 1.807) is 6.07 Å². The van der Waals surface area contributed by atoms with Crippen LogP contribution in [0.2, 0.25) is 10.0 Å². The summed E-state index contributed by atoms with van der Waals surface area (Å²) in [5.41, 5.74) is 9.53. The minimum absolute atomic E-state index is 0.0295. The van der Waals surface area contributed by atoms with Crippen molar-refractivity contribution in [3.63, 3.8) is 0 Å². The van der Waals surface area contributed by atoms with E-state index in [4.69, 9.17) is 33.7 Å². The fourth-order valence-corrected chi connectivity index (χ4v) is 2.85. The molecule has 1 heterocycles. The molecule has 0 spiro atoms. The molecule has 0 saturated carbocycles. The summed E-state index contributed by atoms with van der Waals surface area (Å²) in [4.78, 5) is 0. The molecule has 1 unspecified atom stereocenters. The molecule has 0 saturated heterocycles. The molecule has 0 fully saturated rings. The summed E-state index contributed by atoms with van der Waals surface area (Å²) in [6.07, 6.45) is 0.643. The number of nitrogens with two attached hydrogens (primary N) is 1. The summed E-state index contributed by atoms with van der Waals surface area (Å²) in [6, 6.07) is 11.6. The van der Waals surface area contributed by atoms with Crippen LogP contribution < -0.4 is 10.5 Å². The fraction of sp³-hybridized carbons (Fsp3) is 0.250. The van der Waals surface area contributed by atoms with Gasteiger partial charge in [0.05, 0.1) is 10.0 Å². The van der Waals surface area contributed by atoms with Gasteiger partial charge in [-0.05, 0) is 30.7 Å². The number of benzene rings is 2. The molecule has 0 amide bonds. The number of rotatable bonds is 1. The van der Waals surface area contributed by atoms with Gasteiger partial charge in [0.15, 0.2) is 0 Å². The standard InChI is InChI=1S/C16H15Cl2NO/c1-9-2-5-15-11(6-9)14(19)8-16(20-15)10-3-4-12(17)13(18)7-10/h2-7,14,16H,8,19H2,1H3/t14-,16?/m1/s1. The first-order valence-electron chi connectivity index (χ1n) is 6.52. The minimum Gasteiger partial charge on any atom is -0.485 e. The van der Waals surface area contributed by atoms with E-state index in [9.17, 15) is 0 Å². The van der Waals surface area contributed by atoms with E-state index >= 15 is 0 Å². The van der Waals surface area contributed by atoms with Crippen molar-refractivity contribution < 1.29 is 4.74 Å². The highest BCUT2D eigenvalue weighted by Crippen LogP contribution is 2.40. The smallest absolute Gasteiger partial charge is 0.126 e. The zero-order chi connectivity index (χ0) is 14.3. The molecule has 0 aromatic heterocycles. The van der Waals surface area contributed by atoms with Crippen LogP contribution in [-0.2, 0) is 0 Å². The molecule has 104 valence electrons. The van der Waals surface area contributed by atoms with Gasteiger partial charge in [0.2, 0.25) is 0 Å². The molecule has 3 rings (SSSR count). The third-order valence-electron chi connectivity index (χ3n) is 3.62. The molecule has 2 nitrogen and oxygen atoms in total. The minimum atomic E-state index is -0.0880. The molecular formula is C16H15Cl2NO. The predicted molar refractivity (Wildman–Crippen MR) is 82.6 cm³/mol. The average molecular weight is 308 g/mol. The van der Waals surface area contributed by atoms with Crippen molar-refractivity contribution in [1.82, 2.24) is 0 Å². The monoisotopic (exact) mass is 307 g/mol. The maximum absolute atomic E-state index is 6.27. The summed E-state index contributed by atoms with van der Waals surface area (Å²) in [6.45, 7) is 2.05. The zero-order valence-corrected chi connectivity index (χ0v) is 12.6. The molecule has 2 aromatic carbocycles. The number of hydrogen-bond donors (Lipinski definition) is 1. The predicted octanol–water partition coefficient (Wildman–Crippen LogP) is 4.83. The Balaban J connectivity index is 1.94. The lowest BCUT2D eigenvalue weighted by Gasteiger charge is -2.31.